The molecule has 0 heterocycles. The molecule has 0 aliphatic heterocycles. The zero-order chi connectivity index (χ0) is 21.1. The third kappa shape index (κ3) is 5.29. The van der Waals surface area contributed by atoms with Crippen molar-refractivity contribution in [3.8, 4) is 34.5 Å². The van der Waals surface area contributed by atoms with Crippen molar-refractivity contribution in [3.05, 3.63) is 35.4 Å². The van der Waals surface area contributed by atoms with Gasteiger partial charge in [0.15, 0.2) is 24.1 Å². The van der Waals surface area contributed by atoms with Crippen molar-refractivity contribution in [3.63, 3.8) is 0 Å². The summed E-state index contributed by atoms with van der Waals surface area (Å²) >= 11 is 0. The third-order valence-electron chi connectivity index (χ3n) is 3.73. The van der Waals surface area contributed by atoms with Gasteiger partial charge >= 0.3 is 0 Å². The molecule has 0 aliphatic rings. The maximum absolute atomic E-state index is 10.8. The molecule has 0 atom stereocenters. The van der Waals surface area contributed by atoms with Gasteiger partial charge in [0, 0.05) is 18.2 Å². The number of benzene rings is 2. The lowest BCUT2D eigenvalue weighted by atomic mass is 10.2. The number of aldehydes is 2. The predicted molar refractivity (Wildman–Crippen MR) is 103 cm³/mol. The maximum atomic E-state index is 10.8. The van der Waals surface area contributed by atoms with Crippen LogP contribution in [-0.4, -0.2) is 55.2 Å². The van der Waals surface area contributed by atoms with Gasteiger partial charge in [-0.05, 0) is 6.07 Å². The SMILES string of the molecule is COc1cc(OC)c(C=O)c(OC)c1.COc1cc(OC)c(OC)cc1C=O. The Bertz CT molecular complexity index is 776. The number of hydrogen-bond donors (Lipinski definition) is 0. The molecule has 0 spiro atoms. The van der Waals surface area contributed by atoms with Gasteiger partial charge in [0.25, 0.3) is 0 Å². The van der Waals surface area contributed by atoms with E-state index in [1.165, 1.54) is 42.7 Å². The van der Waals surface area contributed by atoms with E-state index >= 15 is 0 Å². The lowest BCUT2D eigenvalue weighted by Gasteiger charge is -2.10. The first-order chi connectivity index (χ1) is 13.5. The number of ether oxygens (including phenoxy) is 6. The van der Waals surface area contributed by atoms with Gasteiger partial charge in [0.2, 0.25) is 0 Å². The largest absolute Gasteiger partial charge is 0.496 e. The number of rotatable bonds is 8. The van der Waals surface area contributed by atoms with Crippen molar-refractivity contribution in [1.29, 1.82) is 0 Å². The number of methoxy groups -OCH3 is 6. The van der Waals surface area contributed by atoms with E-state index in [-0.39, 0.29) is 0 Å². The highest BCUT2D eigenvalue weighted by Crippen LogP contribution is 2.34. The fraction of sp³-hybridized carbons (Fsp3) is 0.300. The number of hydrogen-bond acceptors (Lipinski definition) is 8. The second-order valence-corrected chi connectivity index (χ2v) is 5.13. The summed E-state index contributed by atoms with van der Waals surface area (Å²) in [5, 5.41) is 0. The van der Waals surface area contributed by atoms with Crippen LogP contribution in [0.4, 0.5) is 0 Å². The summed E-state index contributed by atoms with van der Waals surface area (Å²) in [5.41, 5.74) is 0.820. The van der Waals surface area contributed by atoms with Gasteiger partial charge in [0.05, 0.1) is 53.8 Å². The first-order valence-electron chi connectivity index (χ1n) is 8.03. The van der Waals surface area contributed by atoms with E-state index in [4.69, 9.17) is 28.4 Å². The van der Waals surface area contributed by atoms with Gasteiger partial charge in [-0.15, -0.1) is 0 Å². The Morgan fingerprint density at radius 2 is 1.00 bits per heavy atom. The van der Waals surface area contributed by atoms with Crippen LogP contribution < -0.4 is 28.4 Å². The molecule has 0 radical (unpaired) electrons. The van der Waals surface area contributed by atoms with Crippen molar-refractivity contribution in [2.45, 2.75) is 0 Å². The van der Waals surface area contributed by atoms with E-state index in [0.717, 1.165) is 0 Å². The molecule has 0 aromatic heterocycles. The quantitative estimate of drug-likeness (QED) is 0.633. The van der Waals surface area contributed by atoms with Crippen molar-refractivity contribution in [2.24, 2.45) is 0 Å². The minimum atomic E-state index is 0.385. The Balaban J connectivity index is 0.000000280. The van der Waals surface area contributed by atoms with Crippen LogP contribution in [0.25, 0.3) is 0 Å². The van der Waals surface area contributed by atoms with Gasteiger partial charge in [-0.2, -0.15) is 0 Å². The highest BCUT2D eigenvalue weighted by molar-refractivity contribution is 5.84. The minimum absolute atomic E-state index is 0.385. The summed E-state index contributed by atoms with van der Waals surface area (Å²) < 4.78 is 30.2. The van der Waals surface area contributed by atoms with E-state index < -0.39 is 0 Å². The molecule has 2 aromatic carbocycles. The zero-order valence-electron chi connectivity index (χ0n) is 16.7. The molecule has 0 N–H and O–H groups in total. The van der Waals surface area contributed by atoms with Crippen LogP contribution in [0.15, 0.2) is 24.3 Å². The molecule has 28 heavy (non-hydrogen) atoms. The average molecular weight is 392 g/mol. The van der Waals surface area contributed by atoms with Crippen LogP contribution in [-0.2, 0) is 0 Å². The molecular formula is C20H24O8. The lowest BCUT2D eigenvalue weighted by molar-refractivity contribution is 0.111. The Morgan fingerprint density at radius 1 is 0.536 bits per heavy atom. The summed E-state index contributed by atoms with van der Waals surface area (Å²) in [6.07, 6.45) is 1.40. The van der Waals surface area contributed by atoms with Crippen LogP contribution in [0, 0.1) is 0 Å². The summed E-state index contributed by atoms with van der Waals surface area (Å²) in [5.74, 6) is 2.99. The first-order valence-corrected chi connectivity index (χ1v) is 8.03. The summed E-state index contributed by atoms with van der Waals surface area (Å²) in [6.45, 7) is 0. The molecule has 0 aliphatic carbocycles. The fourth-order valence-electron chi connectivity index (χ4n) is 2.29. The molecule has 8 heteroatoms. The summed E-state index contributed by atoms with van der Waals surface area (Å²) in [6, 6.07) is 6.45. The summed E-state index contributed by atoms with van der Waals surface area (Å²) in [4.78, 5) is 21.4. The molecule has 2 rings (SSSR count). The highest BCUT2D eigenvalue weighted by Gasteiger charge is 2.12. The molecule has 8 nitrogen and oxygen atoms in total. The van der Waals surface area contributed by atoms with E-state index in [0.29, 0.717) is 58.2 Å². The smallest absolute Gasteiger partial charge is 0.164 e. The van der Waals surface area contributed by atoms with Gasteiger partial charge in [-0.3, -0.25) is 9.59 Å². The monoisotopic (exact) mass is 392 g/mol. The van der Waals surface area contributed by atoms with Gasteiger partial charge in [-0.25, -0.2) is 0 Å². The van der Waals surface area contributed by atoms with Crippen LogP contribution in [0.5, 0.6) is 34.5 Å². The molecule has 0 bridgehead atoms. The van der Waals surface area contributed by atoms with E-state index in [1.807, 2.05) is 0 Å². The molecule has 2 aromatic rings. The van der Waals surface area contributed by atoms with E-state index in [1.54, 1.807) is 24.3 Å². The van der Waals surface area contributed by atoms with Crippen LogP contribution in [0.2, 0.25) is 0 Å². The van der Waals surface area contributed by atoms with Crippen LogP contribution >= 0.6 is 0 Å². The average Bonchev–Trinajstić information content (AvgIpc) is 2.76. The molecule has 0 fully saturated rings. The van der Waals surface area contributed by atoms with Crippen molar-refractivity contribution in [1.82, 2.24) is 0 Å². The Morgan fingerprint density at radius 3 is 1.36 bits per heavy atom. The van der Waals surface area contributed by atoms with Crippen molar-refractivity contribution in [2.75, 3.05) is 42.7 Å². The Hall–Kier alpha value is -3.42. The normalized spacial score (nSPS) is 9.36. The van der Waals surface area contributed by atoms with Crippen LogP contribution in [0.3, 0.4) is 0 Å². The summed E-state index contributed by atoms with van der Waals surface area (Å²) in [7, 11) is 9.04. The second-order valence-electron chi connectivity index (χ2n) is 5.13. The van der Waals surface area contributed by atoms with Crippen LogP contribution in [0.1, 0.15) is 20.7 Å². The molecule has 0 saturated heterocycles. The minimum Gasteiger partial charge on any atom is -0.496 e. The molecule has 0 saturated carbocycles. The number of carbonyl (C=O) groups excluding carboxylic acids is 2. The van der Waals surface area contributed by atoms with E-state index in [9.17, 15) is 9.59 Å². The standard InChI is InChI=1S/2C10H12O4/c1-12-8-5-10(14-3)9(13-2)4-7(8)6-11;1-12-7-4-9(13-2)8(6-11)10(5-7)14-3/h2*4-6H,1-3H3. The topological polar surface area (TPSA) is 89.5 Å². The third-order valence-corrected chi connectivity index (χ3v) is 3.73. The van der Waals surface area contributed by atoms with Gasteiger partial charge in [-0.1, -0.05) is 0 Å². The van der Waals surface area contributed by atoms with Crippen molar-refractivity contribution >= 4 is 12.6 Å². The molecule has 0 amide bonds. The molecule has 152 valence electrons. The molecular weight excluding hydrogens is 368 g/mol. The Kier molecular flexibility index (Phi) is 9.15. The van der Waals surface area contributed by atoms with Crippen molar-refractivity contribution < 1.29 is 38.0 Å². The van der Waals surface area contributed by atoms with E-state index in [2.05, 4.69) is 0 Å². The Labute approximate surface area is 163 Å². The number of carbonyl (C=O) groups is 2. The first kappa shape index (κ1) is 22.6. The van der Waals surface area contributed by atoms with Gasteiger partial charge < -0.3 is 28.4 Å². The highest BCUT2D eigenvalue weighted by atomic mass is 16.5. The predicted octanol–water partition coefficient (Wildman–Crippen LogP) is 3.05. The fourth-order valence-corrected chi connectivity index (χ4v) is 2.29. The maximum Gasteiger partial charge on any atom is 0.164 e. The molecule has 0 unspecified atom stereocenters. The lowest BCUT2D eigenvalue weighted by Crippen LogP contribution is -1.96. The van der Waals surface area contributed by atoms with Gasteiger partial charge in [0.1, 0.15) is 23.0 Å². The second kappa shape index (κ2) is 11.3. The zero-order valence-corrected chi connectivity index (χ0v) is 16.7.